The molecule has 0 fully saturated rings. The van der Waals surface area contributed by atoms with Gasteiger partial charge in [-0.15, -0.1) is 11.3 Å². The van der Waals surface area contributed by atoms with Gasteiger partial charge in [-0.05, 0) is 44.9 Å². The molecule has 1 atom stereocenters. The Bertz CT molecular complexity index is 1150. The summed E-state index contributed by atoms with van der Waals surface area (Å²) in [5.41, 5.74) is 2.00. The fourth-order valence-corrected chi connectivity index (χ4v) is 4.15. The lowest BCUT2D eigenvalue weighted by molar-refractivity contribution is 0.0503. The molecule has 0 saturated heterocycles. The second kappa shape index (κ2) is 9.68. The van der Waals surface area contributed by atoms with Crippen LogP contribution in [0, 0.1) is 0 Å². The van der Waals surface area contributed by atoms with Crippen LogP contribution in [0.5, 0.6) is 5.75 Å². The summed E-state index contributed by atoms with van der Waals surface area (Å²) < 4.78 is 32.3. The van der Waals surface area contributed by atoms with Crippen LogP contribution in [-0.4, -0.2) is 25.1 Å². The summed E-state index contributed by atoms with van der Waals surface area (Å²) in [6.45, 7) is 5.38. The molecule has 0 saturated carbocycles. The van der Waals surface area contributed by atoms with Gasteiger partial charge in [0.2, 0.25) is 0 Å². The van der Waals surface area contributed by atoms with Crippen LogP contribution in [-0.2, 0) is 21.5 Å². The van der Waals surface area contributed by atoms with Crippen LogP contribution < -0.4 is 14.6 Å². The molecule has 32 heavy (non-hydrogen) atoms. The zero-order chi connectivity index (χ0) is 23.4. The number of amides is 1. The van der Waals surface area contributed by atoms with Crippen molar-refractivity contribution in [3.8, 4) is 17.0 Å². The van der Waals surface area contributed by atoms with Crippen molar-refractivity contribution < 1.29 is 22.1 Å². The Labute approximate surface area is 191 Å². The third-order valence-electron chi connectivity index (χ3n) is 4.16. The van der Waals surface area contributed by atoms with E-state index in [4.69, 9.17) is 14.9 Å². The van der Waals surface area contributed by atoms with E-state index in [-0.39, 0.29) is 5.75 Å². The van der Waals surface area contributed by atoms with Gasteiger partial charge in [-0.2, -0.15) is 13.6 Å². The van der Waals surface area contributed by atoms with Crippen molar-refractivity contribution >= 4 is 27.7 Å². The van der Waals surface area contributed by atoms with Gasteiger partial charge in [-0.3, -0.25) is 0 Å². The fraction of sp³-hybridized carbons (Fsp3) is 0.273. The number of thiazole rings is 1. The first kappa shape index (κ1) is 23.7. The Morgan fingerprint density at radius 3 is 2.38 bits per heavy atom. The van der Waals surface area contributed by atoms with Gasteiger partial charge < -0.3 is 14.2 Å². The molecule has 0 aliphatic carbocycles. The number of hydrogen-bond donors (Lipinski definition) is 2. The number of benzene rings is 2. The predicted octanol–water partition coefficient (Wildman–Crippen LogP) is 4.20. The highest BCUT2D eigenvalue weighted by Crippen LogP contribution is 2.28. The van der Waals surface area contributed by atoms with Crippen LogP contribution in [0.1, 0.15) is 37.4 Å². The molecule has 0 spiro atoms. The lowest BCUT2D eigenvalue weighted by atomic mass is 10.1. The van der Waals surface area contributed by atoms with Crippen LogP contribution >= 0.6 is 11.3 Å². The van der Waals surface area contributed by atoms with Crippen molar-refractivity contribution in [3.05, 3.63) is 70.5 Å². The van der Waals surface area contributed by atoms with Gasteiger partial charge in [0.05, 0.1) is 11.7 Å². The summed E-state index contributed by atoms with van der Waals surface area (Å²) in [5, 5.41) is 10.5. The SMILES string of the molecule is CC(C)(C)OC(=O)N[C@@H](Cc1ccc(OS(N)(=O)=O)cc1)c1nc(-c2ccccc2)cs1. The number of nitrogens with one attached hydrogen (secondary N) is 1. The van der Waals surface area contributed by atoms with Crippen molar-refractivity contribution in [2.75, 3.05) is 0 Å². The molecular weight excluding hydrogens is 450 g/mol. The number of nitrogens with zero attached hydrogens (tertiary/aromatic N) is 1. The van der Waals surface area contributed by atoms with E-state index < -0.39 is 28.0 Å². The maximum Gasteiger partial charge on any atom is 0.408 e. The first-order chi connectivity index (χ1) is 15.0. The zero-order valence-corrected chi connectivity index (χ0v) is 19.6. The quantitative estimate of drug-likeness (QED) is 0.528. The standard InChI is InChI=1S/C22H25N3O5S2/c1-22(2,3)29-21(26)25-18(13-15-9-11-17(12-10-15)30-32(23,27)28)20-24-19(14-31-20)16-7-5-4-6-8-16/h4-12,14,18H,13H2,1-3H3,(H,25,26)(H2,23,27,28)/t18-/m0/s1. The van der Waals surface area contributed by atoms with E-state index in [9.17, 15) is 13.2 Å². The number of hydrogen-bond acceptors (Lipinski definition) is 7. The molecule has 1 heterocycles. The minimum atomic E-state index is -4.09. The van der Waals surface area contributed by atoms with Crippen LogP contribution in [0.15, 0.2) is 60.0 Å². The van der Waals surface area contributed by atoms with Gasteiger partial charge in [0.1, 0.15) is 16.4 Å². The summed E-state index contributed by atoms with van der Waals surface area (Å²) in [6, 6.07) is 15.7. The third kappa shape index (κ3) is 7.33. The summed E-state index contributed by atoms with van der Waals surface area (Å²) in [5.74, 6) is 0.105. The zero-order valence-electron chi connectivity index (χ0n) is 17.9. The Hall–Kier alpha value is -2.95. The molecule has 3 N–H and O–H groups in total. The summed E-state index contributed by atoms with van der Waals surface area (Å²) in [4.78, 5) is 17.2. The minimum absolute atomic E-state index is 0.105. The van der Waals surface area contributed by atoms with Gasteiger partial charge in [-0.25, -0.2) is 9.78 Å². The van der Waals surface area contributed by atoms with Gasteiger partial charge in [0.15, 0.2) is 0 Å². The molecule has 3 aromatic rings. The lowest BCUT2D eigenvalue weighted by Crippen LogP contribution is -2.35. The molecule has 0 unspecified atom stereocenters. The number of alkyl carbamates (subject to hydrolysis) is 1. The highest BCUT2D eigenvalue weighted by molar-refractivity contribution is 7.84. The fourth-order valence-electron chi connectivity index (χ4n) is 2.89. The van der Waals surface area contributed by atoms with Crippen LogP contribution in [0.3, 0.4) is 0 Å². The smallest absolute Gasteiger partial charge is 0.408 e. The second-order valence-electron chi connectivity index (χ2n) is 8.06. The van der Waals surface area contributed by atoms with E-state index in [1.807, 2.05) is 35.7 Å². The van der Waals surface area contributed by atoms with Crippen molar-refractivity contribution in [1.82, 2.24) is 10.3 Å². The van der Waals surface area contributed by atoms with E-state index in [0.717, 1.165) is 21.8 Å². The average Bonchev–Trinajstić information content (AvgIpc) is 3.17. The molecule has 2 aromatic carbocycles. The number of carbonyl (C=O) groups excluding carboxylic acids is 1. The summed E-state index contributed by atoms with van der Waals surface area (Å²) >= 11 is 1.44. The van der Waals surface area contributed by atoms with E-state index in [0.29, 0.717) is 6.42 Å². The highest BCUT2D eigenvalue weighted by Gasteiger charge is 2.23. The molecule has 0 aliphatic heterocycles. The van der Waals surface area contributed by atoms with E-state index in [1.165, 1.54) is 23.5 Å². The van der Waals surface area contributed by atoms with Crippen molar-refractivity contribution in [2.45, 2.75) is 38.8 Å². The van der Waals surface area contributed by atoms with Crippen molar-refractivity contribution in [1.29, 1.82) is 0 Å². The molecule has 0 aliphatic rings. The number of aromatic nitrogens is 1. The monoisotopic (exact) mass is 475 g/mol. The molecule has 1 amide bonds. The van der Waals surface area contributed by atoms with Gasteiger partial charge in [0, 0.05) is 10.9 Å². The Kier molecular flexibility index (Phi) is 7.17. The number of ether oxygens (including phenoxy) is 1. The second-order valence-corrected chi connectivity index (χ2v) is 10.1. The Balaban J connectivity index is 1.83. The molecule has 170 valence electrons. The van der Waals surface area contributed by atoms with E-state index in [2.05, 4.69) is 9.50 Å². The summed E-state index contributed by atoms with van der Waals surface area (Å²) in [7, 11) is -4.09. The maximum absolute atomic E-state index is 12.5. The van der Waals surface area contributed by atoms with Gasteiger partial charge >= 0.3 is 16.4 Å². The molecule has 8 nitrogen and oxygen atoms in total. The maximum atomic E-state index is 12.5. The minimum Gasteiger partial charge on any atom is -0.444 e. The molecule has 0 bridgehead atoms. The Morgan fingerprint density at radius 2 is 1.78 bits per heavy atom. The van der Waals surface area contributed by atoms with Gasteiger partial charge in [-0.1, -0.05) is 42.5 Å². The first-order valence-corrected chi connectivity index (χ1v) is 12.2. The first-order valence-electron chi connectivity index (χ1n) is 9.80. The predicted molar refractivity (Wildman–Crippen MR) is 124 cm³/mol. The number of rotatable bonds is 7. The van der Waals surface area contributed by atoms with Crippen LogP contribution in [0.25, 0.3) is 11.3 Å². The number of nitrogens with two attached hydrogens (primary N) is 1. The van der Waals surface area contributed by atoms with E-state index in [1.54, 1.807) is 32.9 Å². The molecule has 10 heteroatoms. The van der Waals surface area contributed by atoms with E-state index >= 15 is 0 Å². The molecule has 3 rings (SSSR count). The molecule has 1 aromatic heterocycles. The topological polar surface area (TPSA) is 121 Å². The normalized spacial score (nSPS) is 12.8. The van der Waals surface area contributed by atoms with Crippen LogP contribution in [0.4, 0.5) is 4.79 Å². The van der Waals surface area contributed by atoms with Gasteiger partial charge in [0.25, 0.3) is 0 Å². The number of carbonyl (C=O) groups is 1. The Morgan fingerprint density at radius 1 is 1.12 bits per heavy atom. The molecular formula is C22H25N3O5S2. The largest absolute Gasteiger partial charge is 0.444 e. The van der Waals surface area contributed by atoms with Crippen molar-refractivity contribution in [2.24, 2.45) is 5.14 Å². The van der Waals surface area contributed by atoms with Crippen molar-refractivity contribution in [3.63, 3.8) is 0 Å². The van der Waals surface area contributed by atoms with Crippen LogP contribution in [0.2, 0.25) is 0 Å². The summed E-state index contributed by atoms with van der Waals surface area (Å²) in [6.07, 6.45) is -0.135. The molecule has 0 radical (unpaired) electrons. The highest BCUT2D eigenvalue weighted by atomic mass is 32.2. The third-order valence-corrected chi connectivity index (χ3v) is 5.54. The lowest BCUT2D eigenvalue weighted by Gasteiger charge is -2.23. The average molecular weight is 476 g/mol.